The lowest BCUT2D eigenvalue weighted by atomic mass is 10.1. The molecule has 0 spiro atoms. The number of hydrogen-bond donors (Lipinski definition) is 0. The van der Waals surface area contributed by atoms with Gasteiger partial charge in [0.05, 0.1) is 10.9 Å². The first-order valence-electron chi connectivity index (χ1n) is 6.70. The highest BCUT2D eigenvalue weighted by atomic mass is 16.3. The zero-order valence-electron chi connectivity index (χ0n) is 11.1. The van der Waals surface area contributed by atoms with Crippen molar-refractivity contribution in [2.24, 2.45) is 0 Å². The Labute approximate surface area is 120 Å². The third-order valence-electron chi connectivity index (χ3n) is 3.55. The van der Waals surface area contributed by atoms with Gasteiger partial charge in [-0.25, -0.2) is 0 Å². The van der Waals surface area contributed by atoms with Gasteiger partial charge in [-0.2, -0.15) is 0 Å². The molecule has 4 rings (SSSR count). The third-order valence-corrected chi connectivity index (χ3v) is 3.55. The van der Waals surface area contributed by atoms with Crippen molar-refractivity contribution in [3.8, 4) is 11.3 Å². The summed E-state index contributed by atoms with van der Waals surface area (Å²) in [5, 5.41) is 1.57. The van der Waals surface area contributed by atoms with Gasteiger partial charge in [0.15, 0.2) is 5.43 Å². The summed E-state index contributed by atoms with van der Waals surface area (Å²) in [6.07, 6.45) is 1.73. The highest BCUT2D eigenvalue weighted by Gasteiger charge is 2.09. The number of fused-ring (bicyclic) bond motifs is 2. The molecule has 0 aliphatic rings. The van der Waals surface area contributed by atoms with Crippen molar-refractivity contribution < 1.29 is 4.42 Å². The first kappa shape index (κ1) is 11.9. The molecule has 0 saturated carbocycles. The van der Waals surface area contributed by atoms with Crippen molar-refractivity contribution in [3.05, 3.63) is 77.1 Å². The van der Waals surface area contributed by atoms with E-state index in [-0.39, 0.29) is 5.43 Å². The molecule has 0 radical (unpaired) electrons. The van der Waals surface area contributed by atoms with Crippen molar-refractivity contribution >= 4 is 21.9 Å². The zero-order chi connectivity index (χ0) is 14.2. The van der Waals surface area contributed by atoms with E-state index < -0.39 is 0 Å². The average molecular weight is 273 g/mol. The molecule has 3 nitrogen and oxygen atoms in total. The Balaban J connectivity index is 2.07. The van der Waals surface area contributed by atoms with Gasteiger partial charge in [0, 0.05) is 23.2 Å². The minimum atomic E-state index is -0.0345. The molecule has 3 heteroatoms. The summed E-state index contributed by atoms with van der Waals surface area (Å²) >= 11 is 0. The van der Waals surface area contributed by atoms with Crippen LogP contribution in [0.3, 0.4) is 0 Å². The minimum Gasteiger partial charge on any atom is -0.456 e. The number of benzene rings is 2. The summed E-state index contributed by atoms with van der Waals surface area (Å²) in [5.74, 6) is 0.567. The molecule has 0 N–H and O–H groups in total. The van der Waals surface area contributed by atoms with Crippen LogP contribution >= 0.6 is 0 Å². The fourth-order valence-corrected chi connectivity index (χ4v) is 2.55. The molecular weight excluding hydrogens is 262 g/mol. The number of para-hydroxylation sites is 2. The van der Waals surface area contributed by atoms with Crippen LogP contribution in [-0.2, 0) is 0 Å². The quantitative estimate of drug-likeness (QED) is 0.526. The van der Waals surface area contributed by atoms with Gasteiger partial charge in [0.2, 0.25) is 0 Å². The third kappa shape index (κ3) is 1.91. The maximum Gasteiger partial charge on any atom is 0.193 e. The van der Waals surface area contributed by atoms with Crippen LogP contribution in [0.1, 0.15) is 0 Å². The van der Waals surface area contributed by atoms with Gasteiger partial charge in [-0.1, -0.05) is 30.3 Å². The Morgan fingerprint density at radius 1 is 0.857 bits per heavy atom. The largest absolute Gasteiger partial charge is 0.456 e. The molecule has 0 amide bonds. The Morgan fingerprint density at radius 2 is 1.62 bits per heavy atom. The van der Waals surface area contributed by atoms with Crippen molar-refractivity contribution in [3.63, 3.8) is 0 Å². The van der Waals surface area contributed by atoms with Crippen molar-refractivity contribution in [1.29, 1.82) is 0 Å². The molecule has 0 saturated heterocycles. The highest BCUT2D eigenvalue weighted by molar-refractivity contribution is 5.93. The smallest absolute Gasteiger partial charge is 0.193 e. The second-order valence-corrected chi connectivity index (χ2v) is 4.85. The van der Waals surface area contributed by atoms with Crippen LogP contribution in [0.25, 0.3) is 33.2 Å². The summed E-state index contributed by atoms with van der Waals surface area (Å²) < 4.78 is 5.91. The van der Waals surface area contributed by atoms with Gasteiger partial charge in [0.1, 0.15) is 11.3 Å². The second-order valence-electron chi connectivity index (χ2n) is 4.85. The molecule has 2 heterocycles. The Morgan fingerprint density at radius 3 is 2.52 bits per heavy atom. The van der Waals surface area contributed by atoms with E-state index >= 15 is 0 Å². The van der Waals surface area contributed by atoms with Gasteiger partial charge in [-0.05, 0) is 24.3 Å². The van der Waals surface area contributed by atoms with E-state index in [0.29, 0.717) is 16.7 Å². The first-order chi connectivity index (χ1) is 10.3. The van der Waals surface area contributed by atoms with Gasteiger partial charge in [0.25, 0.3) is 0 Å². The van der Waals surface area contributed by atoms with Crippen molar-refractivity contribution in [1.82, 2.24) is 4.98 Å². The van der Waals surface area contributed by atoms with Gasteiger partial charge in [-0.15, -0.1) is 0 Å². The van der Waals surface area contributed by atoms with E-state index in [0.717, 1.165) is 16.5 Å². The van der Waals surface area contributed by atoms with Crippen LogP contribution < -0.4 is 5.43 Å². The van der Waals surface area contributed by atoms with Crippen LogP contribution in [0.4, 0.5) is 0 Å². The fraction of sp³-hybridized carbons (Fsp3) is 0. The molecule has 4 aromatic rings. The van der Waals surface area contributed by atoms with E-state index in [1.54, 1.807) is 18.3 Å². The predicted octanol–water partition coefficient (Wildman–Crippen LogP) is 4.01. The van der Waals surface area contributed by atoms with Crippen LogP contribution in [0, 0.1) is 0 Å². The van der Waals surface area contributed by atoms with Crippen LogP contribution in [0.2, 0.25) is 0 Å². The van der Waals surface area contributed by atoms with E-state index in [2.05, 4.69) is 4.98 Å². The Hall–Kier alpha value is -2.94. The molecule has 0 aliphatic carbocycles. The number of aromatic nitrogens is 1. The molecule has 0 fully saturated rings. The van der Waals surface area contributed by atoms with E-state index in [1.807, 2.05) is 48.5 Å². The van der Waals surface area contributed by atoms with Crippen molar-refractivity contribution in [2.75, 3.05) is 0 Å². The Bertz CT molecular complexity index is 1010. The van der Waals surface area contributed by atoms with Gasteiger partial charge < -0.3 is 4.42 Å². The minimum absolute atomic E-state index is 0.0345. The summed E-state index contributed by atoms with van der Waals surface area (Å²) in [6.45, 7) is 0. The highest BCUT2D eigenvalue weighted by Crippen LogP contribution is 2.28. The summed E-state index contributed by atoms with van der Waals surface area (Å²) in [7, 11) is 0. The molecule has 2 aromatic carbocycles. The topological polar surface area (TPSA) is 43.1 Å². The summed E-state index contributed by atoms with van der Waals surface area (Å²) in [5.41, 5.74) is 2.32. The number of nitrogens with zero attached hydrogens (tertiary/aromatic N) is 1. The van der Waals surface area contributed by atoms with Crippen LogP contribution in [-0.4, -0.2) is 4.98 Å². The van der Waals surface area contributed by atoms with Crippen LogP contribution in [0.5, 0.6) is 0 Å². The average Bonchev–Trinajstić information content (AvgIpc) is 2.54. The molecule has 0 aliphatic heterocycles. The normalized spacial score (nSPS) is 11.0. The van der Waals surface area contributed by atoms with Crippen LogP contribution in [0.15, 0.2) is 76.1 Å². The maximum atomic E-state index is 12.2. The summed E-state index contributed by atoms with van der Waals surface area (Å²) in [4.78, 5) is 16.6. The fourth-order valence-electron chi connectivity index (χ4n) is 2.55. The molecule has 0 atom stereocenters. The molecule has 0 bridgehead atoms. The number of pyridine rings is 1. The SMILES string of the molecule is O=c1cc(-c2ccnc3ccccc23)oc2ccccc12. The molecular formula is C18H11NO2. The molecule has 21 heavy (non-hydrogen) atoms. The summed E-state index contributed by atoms with van der Waals surface area (Å²) in [6, 6.07) is 18.5. The lowest BCUT2D eigenvalue weighted by Gasteiger charge is -2.06. The van der Waals surface area contributed by atoms with E-state index in [9.17, 15) is 4.79 Å². The van der Waals surface area contributed by atoms with Gasteiger partial charge in [-0.3, -0.25) is 9.78 Å². The molecule has 0 unspecified atom stereocenters. The molecule has 2 aromatic heterocycles. The number of hydrogen-bond acceptors (Lipinski definition) is 3. The predicted molar refractivity (Wildman–Crippen MR) is 83.2 cm³/mol. The van der Waals surface area contributed by atoms with E-state index in [4.69, 9.17) is 4.42 Å². The standard InChI is InChI=1S/C18H11NO2/c20-16-11-18(21-17-8-4-2-6-14(16)17)13-9-10-19-15-7-3-1-5-12(13)15/h1-11H. The van der Waals surface area contributed by atoms with Crippen molar-refractivity contribution in [2.45, 2.75) is 0 Å². The lowest BCUT2D eigenvalue weighted by Crippen LogP contribution is -2.00. The maximum absolute atomic E-state index is 12.2. The van der Waals surface area contributed by atoms with E-state index in [1.165, 1.54) is 0 Å². The number of rotatable bonds is 1. The van der Waals surface area contributed by atoms with Gasteiger partial charge >= 0.3 is 0 Å². The first-order valence-corrected chi connectivity index (χ1v) is 6.70. The second kappa shape index (κ2) is 4.56. The molecule has 100 valence electrons. The lowest BCUT2D eigenvalue weighted by molar-refractivity contribution is 0.619. The Kier molecular flexibility index (Phi) is 2.57. The zero-order valence-corrected chi connectivity index (χ0v) is 11.1. The monoisotopic (exact) mass is 273 g/mol.